The van der Waals surface area contributed by atoms with Crippen LogP contribution in [0.4, 0.5) is 15.3 Å². The predicted octanol–water partition coefficient (Wildman–Crippen LogP) is 2.95. The number of carbonyl (C=O) groups is 4. The van der Waals surface area contributed by atoms with Gasteiger partial charge < -0.3 is 15.3 Å². The molecule has 0 aromatic heterocycles. The third kappa shape index (κ3) is 3.55. The number of carbonyl (C=O) groups excluding carboxylic acids is 3. The van der Waals surface area contributed by atoms with Gasteiger partial charge in [-0.15, -0.1) is 0 Å². The van der Waals surface area contributed by atoms with Crippen LogP contribution in [0.25, 0.3) is 21.5 Å². The zero-order valence-corrected chi connectivity index (χ0v) is 16.9. The van der Waals surface area contributed by atoms with Gasteiger partial charge in [0.05, 0.1) is 11.3 Å². The predicted molar refractivity (Wildman–Crippen MR) is 116 cm³/mol. The van der Waals surface area contributed by atoms with E-state index < -0.39 is 18.0 Å². The molecule has 0 fully saturated rings. The van der Waals surface area contributed by atoms with Crippen molar-refractivity contribution in [2.45, 2.75) is 0 Å². The van der Waals surface area contributed by atoms with Crippen LogP contribution in [0.1, 0.15) is 20.7 Å². The standard InChI is InChI=1S/C22H20N4O5/c1-25(2)9-10-26-19(27)14-7-3-5-12-11-15-13(18(17(12)14)20(26)28)6-4-8-16(15)23-21(29)24-22(30)31/h3-8,11H,9-10H2,1-2H3,(H,30,31)(H2,23,24,29). The first-order chi connectivity index (χ1) is 14.8. The number of rotatable bonds is 4. The van der Waals surface area contributed by atoms with Crippen LogP contribution >= 0.6 is 0 Å². The minimum absolute atomic E-state index is 0.246. The van der Waals surface area contributed by atoms with Crippen LogP contribution in [-0.2, 0) is 0 Å². The van der Waals surface area contributed by atoms with E-state index in [1.54, 1.807) is 47.8 Å². The van der Waals surface area contributed by atoms with Gasteiger partial charge in [0, 0.05) is 29.4 Å². The fourth-order valence-electron chi connectivity index (χ4n) is 3.83. The van der Waals surface area contributed by atoms with E-state index in [4.69, 9.17) is 5.11 Å². The first-order valence-corrected chi connectivity index (χ1v) is 9.58. The van der Waals surface area contributed by atoms with Crippen molar-refractivity contribution >= 4 is 51.2 Å². The number of nitrogens with one attached hydrogen (secondary N) is 2. The number of hydrogen-bond acceptors (Lipinski definition) is 5. The molecule has 0 spiro atoms. The van der Waals surface area contributed by atoms with Gasteiger partial charge in [0.1, 0.15) is 0 Å². The number of likely N-dealkylation sites (N-methyl/N-ethyl adjacent to an activating group) is 1. The van der Waals surface area contributed by atoms with E-state index in [0.29, 0.717) is 44.9 Å². The minimum Gasteiger partial charge on any atom is -0.465 e. The molecule has 158 valence electrons. The molecular weight excluding hydrogens is 400 g/mol. The number of nitrogens with zero attached hydrogens (tertiary/aromatic N) is 2. The lowest BCUT2D eigenvalue weighted by Crippen LogP contribution is -2.43. The number of anilines is 1. The van der Waals surface area contributed by atoms with Crippen molar-refractivity contribution in [2.24, 2.45) is 0 Å². The van der Waals surface area contributed by atoms with Gasteiger partial charge in [0.2, 0.25) is 0 Å². The van der Waals surface area contributed by atoms with E-state index in [-0.39, 0.29) is 12.5 Å². The van der Waals surface area contributed by atoms with Crippen LogP contribution in [0.15, 0.2) is 42.5 Å². The Morgan fingerprint density at radius 2 is 1.77 bits per heavy atom. The number of urea groups is 1. The van der Waals surface area contributed by atoms with Gasteiger partial charge in [-0.3, -0.25) is 14.5 Å². The van der Waals surface area contributed by atoms with E-state index in [0.717, 1.165) is 0 Å². The van der Waals surface area contributed by atoms with Crippen molar-refractivity contribution in [1.29, 1.82) is 0 Å². The summed E-state index contributed by atoms with van der Waals surface area (Å²) in [7, 11) is 3.73. The number of fused-ring (bicyclic) bond motifs is 2. The largest absolute Gasteiger partial charge is 0.465 e. The maximum Gasteiger partial charge on any atom is 0.412 e. The Hall–Kier alpha value is -3.98. The van der Waals surface area contributed by atoms with Gasteiger partial charge in [-0.05, 0) is 43.1 Å². The summed E-state index contributed by atoms with van der Waals surface area (Å²) in [6.07, 6.45) is -1.48. The van der Waals surface area contributed by atoms with Crippen molar-refractivity contribution < 1.29 is 24.3 Å². The van der Waals surface area contributed by atoms with Gasteiger partial charge in [0.15, 0.2) is 0 Å². The average molecular weight is 420 g/mol. The van der Waals surface area contributed by atoms with Crippen LogP contribution in [0, 0.1) is 0 Å². The summed E-state index contributed by atoms with van der Waals surface area (Å²) in [5, 5.41) is 15.4. The Morgan fingerprint density at radius 3 is 2.48 bits per heavy atom. The summed E-state index contributed by atoms with van der Waals surface area (Å²) in [5.74, 6) is -0.729. The van der Waals surface area contributed by atoms with E-state index >= 15 is 0 Å². The van der Waals surface area contributed by atoms with Crippen LogP contribution in [-0.4, -0.2) is 66.0 Å². The lowest BCUT2D eigenvalue weighted by Gasteiger charge is -2.29. The quantitative estimate of drug-likeness (QED) is 0.441. The highest BCUT2D eigenvalue weighted by Crippen LogP contribution is 2.38. The van der Waals surface area contributed by atoms with Gasteiger partial charge in [-0.2, -0.15) is 0 Å². The van der Waals surface area contributed by atoms with Gasteiger partial charge in [-0.1, -0.05) is 24.3 Å². The molecule has 4 rings (SSSR count). The van der Waals surface area contributed by atoms with Gasteiger partial charge in [-0.25, -0.2) is 14.9 Å². The topological polar surface area (TPSA) is 119 Å². The molecule has 1 aliphatic heterocycles. The summed E-state index contributed by atoms with van der Waals surface area (Å²) in [4.78, 5) is 52.3. The fraction of sp³-hybridized carbons (Fsp3) is 0.182. The van der Waals surface area contributed by atoms with Crippen LogP contribution < -0.4 is 10.6 Å². The molecule has 3 N–H and O–H groups in total. The molecule has 9 nitrogen and oxygen atoms in total. The zero-order chi connectivity index (χ0) is 22.3. The van der Waals surface area contributed by atoms with Gasteiger partial charge >= 0.3 is 12.1 Å². The Labute approximate surface area is 177 Å². The second kappa shape index (κ2) is 7.69. The number of hydrogen-bond donors (Lipinski definition) is 3. The SMILES string of the molecule is CN(C)CCN1C(=O)c2cccc3cc4c(NC(=O)NC(=O)O)cccc4c(c23)C1=O. The molecule has 0 atom stereocenters. The van der Waals surface area contributed by atoms with E-state index in [1.807, 2.05) is 19.0 Å². The molecule has 1 aliphatic rings. The minimum atomic E-state index is -1.48. The molecule has 0 unspecified atom stereocenters. The summed E-state index contributed by atoms with van der Waals surface area (Å²) in [6, 6.07) is 11.2. The first-order valence-electron chi connectivity index (χ1n) is 9.58. The highest BCUT2D eigenvalue weighted by atomic mass is 16.4. The van der Waals surface area contributed by atoms with E-state index in [1.165, 1.54) is 4.90 Å². The molecule has 0 aliphatic carbocycles. The Bertz CT molecular complexity index is 1270. The number of benzene rings is 3. The van der Waals surface area contributed by atoms with Crippen LogP contribution in [0.2, 0.25) is 0 Å². The van der Waals surface area contributed by atoms with Gasteiger partial charge in [0.25, 0.3) is 11.8 Å². The maximum absolute atomic E-state index is 13.4. The van der Waals surface area contributed by atoms with E-state index in [9.17, 15) is 19.2 Å². The maximum atomic E-state index is 13.4. The fourth-order valence-corrected chi connectivity index (χ4v) is 3.83. The molecule has 1 heterocycles. The highest BCUT2D eigenvalue weighted by molar-refractivity contribution is 6.31. The van der Waals surface area contributed by atoms with Crippen molar-refractivity contribution in [1.82, 2.24) is 15.1 Å². The first kappa shape index (κ1) is 20.3. The summed E-state index contributed by atoms with van der Waals surface area (Å²) < 4.78 is 0. The summed E-state index contributed by atoms with van der Waals surface area (Å²) >= 11 is 0. The summed E-state index contributed by atoms with van der Waals surface area (Å²) in [5.41, 5.74) is 1.20. The smallest absolute Gasteiger partial charge is 0.412 e. The third-order valence-electron chi connectivity index (χ3n) is 5.20. The molecule has 3 aromatic carbocycles. The third-order valence-corrected chi connectivity index (χ3v) is 5.20. The molecule has 0 saturated carbocycles. The summed E-state index contributed by atoms with van der Waals surface area (Å²) in [6.45, 7) is 0.769. The number of carboxylic acid groups (broad SMARTS) is 1. The lowest BCUT2D eigenvalue weighted by molar-refractivity contribution is 0.0602. The monoisotopic (exact) mass is 420 g/mol. The Kier molecular flexibility index (Phi) is 5.04. The Morgan fingerprint density at radius 1 is 1.03 bits per heavy atom. The Balaban J connectivity index is 1.92. The molecule has 5 amide bonds. The molecule has 0 bridgehead atoms. The molecule has 3 aromatic rings. The van der Waals surface area contributed by atoms with Crippen LogP contribution in [0.3, 0.4) is 0 Å². The van der Waals surface area contributed by atoms with E-state index in [2.05, 4.69) is 5.32 Å². The molecule has 0 saturated heterocycles. The second-order valence-corrected chi connectivity index (χ2v) is 7.51. The van der Waals surface area contributed by atoms with Crippen LogP contribution in [0.5, 0.6) is 0 Å². The molecule has 9 heteroatoms. The highest BCUT2D eigenvalue weighted by Gasteiger charge is 2.34. The van der Waals surface area contributed by atoms with Crippen molar-refractivity contribution in [2.75, 3.05) is 32.5 Å². The normalized spacial score (nSPS) is 13.2. The lowest BCUT2D eigenvalue weighted by atomic mass is 9.89. The molecule has 31 heavy (non-hydrogen) atoms. The van der Waals surface area contributed by atoms with Crippen molar-refractivity contribution in [3.05, 3.63) is 53.6 Å². The van der Waals surface area contributed by atoms with Crippen molar-refractivity contribution in [3.63, 3.8) is 0 Å². The number of amides is 5. The zero-order valence-electron chi connectivity index (χ0n) is 16.9. The molecule has 0 radical (unpaired) electrons. The molecular formula is C22H20N4O5. The second-order valence-electron chi connectivity index (χ2n) is 7.51. The average Bonchev–Trinajstić information content (AvgIpc) is 2.70. The number of imide groups is 2. The van der Waals surface area contributed by atoms with Crippen molar-refractivity contribution in [3.8, 4) is 0 Å².